The molecule has 0 bridgehead atoms. The van der Waals surface area contributed by atoms with Crippen LogP contribution in [0.4, 0.5) is 10.5 Å². The molecule has 1 aliphatic rings. The van der Waals surface area contributed by atoms with Crippen LogP contribution in [0.25, 0.3) is 0 Å². The van der Waals surface area contributed by atoms with Gasteiger partial charge in [-0.15, -0.1) is 0 Å². The van der Waals surface area contributed by atoms with Crippen LogP contribution in [0.3, 0.4) is 0 Å². The lowest BCUT2D eigenvalue weighted by atomic mass is 10.1. The Balaban J connectivity index is 1.92. The molecule has 4 nitrogen and oxygen atoms in total. The molecule has 1 saturated heterocycles. The molecule has 2 rings (SSSR count). The molecule has 0 aliphatic carbocycles. The molecule has 0 radical (unpaired) electrons. The van der Waals surface area contributed by atoms with Crippen LogP contribution in [0.15, 0.2) is 18.2 Å². The van der Waals surface area contributed by atoms with E-state index in [4.69, 9.17) is 4.74 Å². The zero-order valence-corrected chi connectivity index (χ0v) is 13.7. The number of ether oxygens (including phenoxy) is 1. The summed E-state index contributed by atoms with van der Waals surface area (Å²) in [4.78, 5) is 13.8. The molecule has 1 heterocycles. The van der Waals surface area contributed by atoms with Crippen molar-refractivity contribution in [2.75, 3.05) is 18.4 Å². The van der Waals surface area contributed by atoms with Gasteiger partial charge in [-0.2, -0.15) is 0 Å². The van der Waals surface area contributed by atoms with E-state index in [1.165, 1.54) is 11.1 Å². The lowest BCUT2D eigenvalue weighted by Gasteiger charge is -2.24. The summed E-state index contributed by atoms with van der Waals surface area (Å²) in [6, 6.07) is 6.68. The number of nitrogens with one attached hydrogen (secondary N) is 1. The fourth-order valence-corrected chi connectivity index (χ4v) is 2.57. The normalized spacial score (nSPS) is 18.7. The minimum Gasteiger partial charge on any atom is -0.444 e. The standard InChI is InChI=1S/C17H26N2O2/c1-12-6-7-15(13(2)10-12)18-14-8-9-19(11-14)16(20)21-17(3,4)5/h6-7,10,14,18H,8-9,11H2,1-5H3. The Morgan fingerprint density at radius 2 is 2.05 bits per heavy atom. The first-order valence-corrected chi connectivity index (χ1v) is 7.56. The van der Waals surface area contributed by atoms with Gasteiger partial charge in [0.1, 0.15) is 5.60 Å². The second kappa shape index (κ2) is 5.96. The molecule has 1 atom stereocenters. The number of aryl methyl sites for hydroxylation is 2. The molecule has 1 fully saturated rings. The third-order valence-electron chi connectivity index (χ3n) is 3.58. The summed E-state index contributed by atoms with van der Waals surface area (Å²) in [5.74, 6) is 0. The Hall–Kier alpha value is -1.71. The summed E-state index contributed by atoms with van der Waals surface area (Å²) in [7, 11) is 0. The molecule has 0 saturated carbocycles. The van der Waals surface area contributed by atoms with Crippen molar-refractivity contribution in [1.82, 2.24) is 4.90 Å². The maximum Gasteiger partial charge on any atom is 0.410 e. The third kappa shape index (κ3) is 4.38. The van der Waals surface area contributed by atoms with Crippen molar-refractivity contribution in [3.63, 3.8) is 0 Å². The zero-order valence-electron chi connectivity index (χ0n) is 13.7. The lowest BCUT2D eigenvalue weighted by Crippen LogP contribution is -2.36. The summed E-state index contributed by atoms with van der Waals surface area (Å²) < 4.78 is 5.42. The van der Waals surface area contributed by atoms with Crippen LogP contribution in [-0.2, 0) is 4.74 Å². The van der Waals surface area contributed by atoms with E-state index in [2.05, 4.69) is 37.4 Å². The highest BCUT2D eigenvalue weighted by Crippen LogP contribution is 2.21. The van der Waals surface area contributed by atoms with Gasteiger partial charge < -0.3 is 15.0 Å². The van der Waals surface area contributed by atoms with E-state index in [9.17, 15) is 4.79 Å². The third-order valence-corrected chi connectivity index (χ3v) is 3.58. The van der Waals surface area contributed by atoms with E-state index in [0.717, 1.165) is 18.7 Å². The second-order valence-corrected chi connectivity index (χ2v) is 6.87. The largest absolute Gasteiger partial charge is 0.444 e. The van der Waals surface area contributed by atoms with Crippen molar-refractivity contribution < 1.29 is 9.53 Å². The Kier molecular flexibility index (Phi) is 4.45. The summed E-state index contributed by atoms with van der Waals surface area (Å²) in [6.45, 7) is 11.3. The van der Waals surface area contributed by atoms with E-state index >= 15 is 0 Å². The van der Waals surface area contributed by atoms with Gasteiger partial charge in [0.25, 0.3) is 0 Å². The molecular formula is C17H26N2O2. The Morgan fingerprint density at radius 3 is 2.67 bits per heavy atom. The fourth-order valence-electron chi connectivity index (χ4n) is 2.57. The number of rotatable bonds is 2. The zero-order chi connectivity index (χ0) is 15.6. The number of benzene rings is 1. The minimum absolute atomic E-state index is 0.215. The molecular weight excluding hydrogens is 264 g/mol. The molecule has 4 heteroatoms. The minimum atomic E-state index is -0.434. The van der Waals surface area contributed by atoms with Gasteiger partial charge in [-0.1, -0.05) is 17.7 Å². The Labute approximate surface area is 127 Å². The molecule has 1 aromatic carbocycles. The monoisotopic (exact) mass is 290 g/mol. The number of nitrogens with zero attached hydrogens (tertiary/aromatic N) is 1. The summed E-state index contributed by atoms with van der Waals surface area (Å²) >= 11 is 0. The van der Waals surface area contributed by atoms with E-state index < -0.39 is 5.60 Å². The second-order valence-electron chi connectivity index (χ2n) is 6.87. The number of carbonyl (C=O) groups excluding carboxylic acids is 1. The summed E-state index contributed by atoms with van der Waals surface area (Å²) in [6.07, 6.45) is 0.736. The van der Waals surface area contributed by atoms with Gasteiger partial charge in [-0.25, -0.2) is 4.79 Å². The number of carbonyl (C=O) groups is 1. The number of amides is 1. The smallest absolute Gasteiger partial charge is 0.410 e. The first-order valence-electron chi connectivity index (χ1n) is 7.56. The number of hydrogen-bond donors (Lipinski definition) is 1. The molecule has 1 N–H and O–H groups in total. The number of hydrogen-bond acceptors (Lipinski definition) is 3. The predicted molar refractivity (Wildman–Crippen MR) is 85.8 cm³/mol. The van der Waals surface area contributed by atoms with Gasteiger partial charge in [-0.3, -0.25) is 0 Å². The van der Waals surface area contributed by atoms with E-state index in [1.807, 2.05) is 20.8 Å². The van der Waals surface area contributed by atoms with Crippen molar-refractivity contribution in [3.8, 4) is 0 Å². The molecule has 1 amide bonds. The van der Waals surface area contributed by atoms with Gasteiger partial charge in [0, 0.05) is 24.8 Å². The van der Waals surface area contributed by atoms with Gasteiger partial charge in [-0.05, 0) is 52.7 Å². The molecule has 1 aromatic rings. The van der Waals surface area contributed by atoms with Crippen molar-refractivity contribution in [3.05, 3.63) is 29.3 Å². The van der Waals surface area contributed by atoms with E-state index in [0.29, 0.717) is 12.6 Å². The van der Waals surface area contributed by atoms with Crippen LogP contribution < -0.4 is 5.32 Å². The van der Waals surface area contributed by atoms with Crippen molar-refractivity contribution in [1.29, 1.82) is 0 Å². The van der Waals surface area contributed by atoms with Crippen LogP contribution in [-0.4, -0.2) is 35.7 Å². The average molecular weight is 290 g/mol. The average Bonchev–Trinajstić information content (AvgIpc) is 2.79. The highest BCUT2D eigenvalue weighted by atomic mass is 16.6. The lowest BCUT2D eigenvalue weighted by molar-refractivity contribution is 0.0293. The highest BCUT2D eigenvalue weighted by molar-refractivity contribution is 5.68. The highest BCUT2D eigenvalue weighted by Gasteiger charge is 2.29. The van der Waals surface area contributed by atoms with Crippen molar-refractivity contribution >= 4 is 11.8 Å². The summed E-state index contributed by atoms with van der Waals surface area (Å²) in [5.41, 5.74) is 3.22. The van der Waals surface area contributed by atoms with Gasteiger partial charge in [0.05, 0.1) is 0 Å². The quantitative estimate of drug-likeness (QED) is 0.902. The molecule has 1 aliphatic heterocycles. The predicted octanol–water partition coefficient (Wildman–Crippen LogP) is 3.72. The molecule has 0 spiro atoms. The SMILES string of the molecule is Cc1ccc(NC2CCN(C(=O)OC(C)(C)C)C2)c(C)c1. The first-order chi connectivity index (χ1) is 9.74. The molecule has 1 unspecified atom stereocenters. The first kappa shape index (κ1) is 15.7. The van der Waals surface area contributed by atoms with Crippen LogP contribution in [0.2, 0.25) is 0 Å². The Bertz CT molecular complexity index is 520. The Morgan fingerprint density at radius 1 is 1.33 bits per heavy atom. The number of anilines is 1. The maximum atomic E-state index is 12.0. The van der Waals surface area contributed by atoms with Crippen LogP contribution in [0.1, 0.15) is 38.3 Å². The number of likely N-dealkylation sites (tertiary alicyclic amines) is 1. The van der Waals surface area contributed by atoms with Crippen molar-refractivity contribution in [2.24, 2.45) is 0 Å². The van der Waals surface area contributed by atoms with Crippen LogP contribution in [0, 0.1) is 13.8 Å². The fraction of sp³-hybridized carbons (Fsp3) is 0.588. The van der Waals surface area contributed by atoms with Gasteiger partial charge >= 0.3 is 6.09 Å². The van der Waals surface area contributed by atoms with Crippen LogP contribution in [0.5, 0.6) is 0 Å². The van der Waals surface area contributed by atoms with Crippen LogP contribution >= 0.6 is 0 Å². The van der Waals surface area contributed by atoms with E-state index in [-0.39, 0.29) is 6.09 Å². The van der Waals surface area contributed by atoms with Crippen molar-refractivity contribution in [2.45, 2.75) is 52.7 Å². The summed E-state index contributed by atoms with van der Waals surface area (Å²) in [5, 5.41) is 3.53. The van der Waals surface area contributed by atoms with Gasteiger partial charge in [0.15, 0.2) is 0 Å². The van der Waals surface area contributed by atoms with Gasteiger partial charge in [0.2, 0.25) is 0 Å². The molecule has 116 valence electrons. The molecule has 21 heavy (non-hydrogen) atoms. The molecule has 0 aromatic heterocycles. The van der Waals surface area contributed by atoms with E-state index in [1.54, 1.807) is 4.90 Å². The maximum absolute atomic E-state index is 12.0. The topological polar surface area (TPSA) is 41.6 Å².